The molecular formula is C15H25N3O. The van der Waals surface area contributed by atoms with Crippen LogP contribution in [0.3, 0.4) is 0 Å². The molecule has 1 aromatic rings. The molecule has 19 heavy (non-hydrogen) atoms. The number of ether oxygens (including phenoxy) is 1. The summed E-state index contributed by atoms with van der Waals surface area (Å²) in [6.45, 7) is 5.41. The van der Waals surface area contributed by atoms with Crippen LogP contribution in [-0.4, -0.2) is 24.1 Å². The van der Waals surface area contributed by atoms with Crippen LogP contribution in [0, 0.1) is 5.41 Å². The Morgan fingerprint density at radius 1 is 1.26 bits per heavy atom. The van der Waals surface area contributed by atoms with Crippen molar-refractivity contribution >= 4 is 0 Å². The normalized spacial score (nSPS) is 21.3. The van der Waals surface area contributed by atoms with Crippen LogP contribution in [0.4, 0.5) is 0 Å². The van der Waals surface area contributed by atoms with Gasteiger partial charge in [0.05, 0.1) is 5.69 Å². The molecule has 4 heteroatoms. The monoisotopic (exact) mass is 263 g/mol. The summed E-state index contributed by atoms with van der Waals surface area (Å²) in [5.74, 6) is 0.846. The van der Waals surface area contributed by atoms with E-state index < -0.39 is 0 Å². The SMILES string of the molecule is CNCc1ccnc(C2(OC)CCC(C)(C)CC2)n1. The summed E-state index contributed by atoms with van der Waals surface area (Å²) in [6.07, 6.45) is 6.15. The van der Waals surface area contributed by atoms with Gasteiger partial charge in [-0.15, -0.1) is 0 Å². The van der Waals surface area contributed by atoms with Gasteiger partial charge in [0.15, 0.2) is 5.82 Å². The summed E-state index contributed by atoms with van der Waals surface area (Å²) >= 11 is 0. The van der Waals surface area contributed by atoms with Crippen molar-refractivity contribution in [2.45, 2.75) is 51.7 Å². The van der Waals surface area contributed by atoms with E-state index in [0.717, 1.165) is 43.7 Å². The van der Waals surface area contributed by atoms with Crippen molar-refractivity contribution in [1.82, 2.24) is 15.3 Å². The lowest BCUT2D eigenvalue weighted by Gasteiger charge is -2.41. The van der Waals surface area contributed by atoms with E-state index in [1.54, 1.807) is 7.11 Å². The largest absolute Gasteiger partial charge is 0.370 e. The zero-order valence-corrected chi connectivity index (χ0v) is 12.5. The number of nitrogens with one attached hydrogen (secondary N) is 1. The lowest BCUT2D eigenvalue weighted by atomic mass is 9.70. The second-order valence-electron chi connectivity index (χ2n) is 6.26. The third-order valence-corrected chi connectivity index (χ3v) is 4.28. The van der Waals surface area contributed by atoms with Gasteiger partial charge in [0.1, 0.15) is 5.60 Å². The van der Waals surface area contributed by atoms with Gasteiger partial charge in [-0.25, -0.2) is 9.97 Å². The molecule has 1 aliphatic rings. The first-order valence-corrected chi connectivity index (χ1v) is 7.03. The zero-order chi connectivity index (χ0) is 13.9. The minimum Gasteiger partial charge on any atom is -0.370 e. The van der Waals surface area contributed by atoms with Crippen molar-refractivity contribution in [1.29, 1.82) is 0 Å². The van der Waals surface area contributed by atoms with E-state index >= 15 is 0 Å². The first kappa shape index (κ1) is 14.4. The Labute approximate surface area is 116 Å². The smallest absolute Gasteiger partial charge is 0.160 e. The molecule has 1 fully saturated rings. The average Bonchev–Trinajstić information content (AvgIpc) is 2.40. The molecule has 0 aromatic carbocycles. The van der Waals surface area contributed by atoms with Gasteiger partial charge >= 0.3 is 0 Å². The van der Waals surface area contributed by atoms with Crippen LogP contribution in [0.1, 0.15) is 51.0 Å². The Balaban J connectivity index is 2.24. The minimum atomic E-state index is -0.292. The Morgan fingerprint density at radius 3 is 2.53 bits per heavy atom. The van der Waals surface area contributed by atoms with Crippen molar-refractivity contribution in [3.63, 3.8) is 0 Å². The fourth-order valence-corrected chi connectivity index (χ4v) is 2.74. The first-order chi connectivity index (χ1) is 9.01. The predicted molar refractivity (Wildman–Crippen MR) is 75.7 cm³/mol. The van der Waals surface area contributed by atoms with Crippen molar-refractivity contribution < 1.29 is 4.74 Å². The Kier molecular flexibility index (Phi) is 4.21. The van der Waals surface area contributed by atoms with Crippen molar-refractivity contribution in [3.8, 4) is 0 Å². The standard InChI is InChI=1S/C15H25N3O/c1-14(2)6-8-15(19-4,9-7-14)13-17-10-5-12(18-13)11-16-3/h5,10,16H,6-9,11H2,1-4H3. The van der Waals surface area contributed by atoms with Crippen LogP contribution < -0.4 is 5.32 Å². The van der Waals surface area contributed by atoms with Gasteiger partial charge in [0, 0.05) is 19.9 Å². The molecular weight excluding hydrogens is 238 g/mol. The quantitative estimate of drug-likeness (QED) is 0.907. The van der Waals surface area contributed by atoms with E-state index in [4.69, 9.17) is 4.74 Å². The number of nitrogens with zero attached hydrogens (tertiary/aromatic N) is 2. The highest BCUT2D eigenvalue weighted by atomic mass is 16.5. The first-order valence-electron chi connectivity index (χ1n) is 7.03. The lowest BCUT2D eigenvalue weighted by molar-refractivity contribution is -0.0730. The highest BCUT2D eigenvalue weighted by molar-refractivity contribution is 5.10. The Bertz CT molecular complexity index is 421. The molecule has 0 unspecified atom stereocenters. The molecule has 0 aliphatic heterocycles. The topological polar surface area (TPSA) is 47.0 Å². The van der Waals surface area contributed by atoms with Crippen molar-refractivity contribution in [3.05, 3.63) is 23.8 Å². The summed E-state index contributed by atoms with van der Waals surface area (Å²) in [4.78, 5) is 9.15. The fourth-order valence-electron chi connectivity index (χ4n) is 2.74. The molecule has 0 radical (unpaired) electrons. The second-order valence-corrected chi connectivity index (χ2v) is 6.26. The van der Waals surface area contributed by atoms with E-state index in [2.05, 4.69) is 29.1 Å². The van der Waals surface area contributed by atoms with Crippen molar-refractivity contribution in [2.24, 2.45) is 5.41 Å². The summed E-state index contributed by atoms with van der Waals surface area (Å²) in [5.41, 5.74) is 1.14. The summed E-state index contributed by atoms with van der Waals surface area (Å²) in [6, 6.07) is 1.95. The van der Waals surface area contributed by atoms with E-state index in [-0.39, 0.29) is 5.60 Å². The molecule has 106 valence electrons. The summed E-state index contributed by atoms with van der Waals surface area (Å²) in [5, 5.41) is 3.13. The lowest BCUT2D eigenvalue weighted by Crippen LogP contribution is -2.38. The molecule has 0 spiro atoms. The van der Waals surface area contributed by atoms with Gasteiger partial charge in [-0.2, -0.15) is 0 Å². The highest BCUT2D eigenvalue weighted by Gasteiger charge is 2.42. The van der Waals surface area contributed by atoms with E-state index in [9.17, 15) is 0 Å². The molecule has 4 nitrogen and oxygen atoms in total. The Hall–Kier alpha value is -1.00. The van der Waals surface area contributed by atoms with Gasteiger partial charge in [-0.3, -0.25) is 0 Å². The number of methoxy groups -OCH3 is 1. The van der Waals surface area contributed by atoms with E-state index in [1.165, 1.54) is 0 Å². The molecule has 1 saturated carbocycles. The molecule has 0 saturated heterocycles. The van der Waals surface area contributed by atoms with Gasteiger partial charge in [-0.05, 0) is 44.2 Å². The molecule has 2 rings (SSSR count). The summed E-state index contributed by atoms with van der Waals surface area (Å²) in [7, 11) is 3.71. The molecule has 1 heterocycles. The molecule has 1 aliphatic carbocycles. The number of aromatic nitrogens is 2. The second kappa shape index (κ2) is 5.55. The molecule has 1 aromatic heterocycles. The van der Waals surface area contributed by atoms with Crippen LogP contribution in [0.5, 0.6) is 0 Å². The Morgan fingerprint density at radius 2 is 1.95 bits per heavy atom. The third-order valence-electron chi connectivity index (χ3n) is 4.28. The number of hydrogen-bond donors (Lipinski definition) is 1. The van der Waals surface area contributed by atoms with Crippen LogP contribution >= 0.6 is 0 Å². The molecule has 0 atom stereocenters. The molecule has 0 amide bonds. The van der Waals surface area contributed by atoms with Crippen LogP contribution in [0.2, 0.25) is 0 Å². The average molecular weight is 263 g/mol. The van der Waals surface area contributed by atoms with Gasteiger partial charge in [-0.1, -0.05) is 13.8 Å². The van der Waals surface area contributed by atoms with Crippen molar-refractivity contribution in [2.75, 3.05) is 14.2 Å². The van der Waals surface area contributed by atoms with Crippen LogP contribution in [0.15, 0.2) is 12.3 Å². The van der Waals surface area contributed by atoms with Gasteiger partial charge < -0.3 is 10.1 Å². The van der Waals surface area contributed by atoms with Crippen LogP contribution in [-0.2, 0) is 16.9 Å². The highest BCUT2D eigenvalue weighted by Crippen LogP contribution is 2.45. The van der Waals surface area contributed by atoms with E-state index in [1.807, 2.05) is 19.3 Å². The maximum absolute atomic E-state index is 5.85. The number of rotatable bonds is 4. The predicted octanol–water partition coefficient (Wildman–Crippen LogP) is 2.64. The maximum Gasteiger partial charge on any atom is 0.160 e. The van der Waals surface area contributed by atoms with Gasteiger partial charge in [0.2, 0.25) is 0 Å². The van der Waals surface area contributed by atoms with Gasteiger partial charge in [0.25, 0.3) is 0 Å². The third kappa shape index (κ3) is 3.12. The van der Waals surface area contributed by atoms with Crippen LogP contribution in [0.25, 0.3) is 0 Å². The zero-order valence-electron chi connectivity index (χ0n) is 12.5. The number of hydrogen-bond acceptors (Lipinski definition) is 4. The fraction of sp³-hybridized carbons (Fsp3) is 0.733. The molecule has 1 N–H and O–H groups in total. The maximum atomic E-state index is 5.85. The summed E-state index contributed by atoms with van der Waals surface area (Å²) < 4.78 is 5.85. The van der Waals surface area contributed by atoms with E-state index in [0.29, 0.717) is 5.41 Å². The molecule has 0 bridgehead atoms. The minimum absolute atomic E-state index is 0.292.